The minimum Gasteiger partial charge on any atom is -0.493 e. The van der Waals surface area contributed by atoms with Crippen LogP contribution in [-0.2, 0) is 6.61 Å². The van der Waals surface area contributed by atoms with Crippen LogP contribution in [0.4, 0.5) is 5.69 Å². The molecule has 2 atom stereocenters. The standard InChI is InChI=1S/C21H24N2O4/c1-22-17-12-18(26-2)19(27-13-14-7-4-3-5-8-14)11-15(17)20(24)23-10-6-9-16(23)21(22)25/h3-5,7-8,11-12,16,21,25H,6,9-10,13H2,1-2H3/t16-,21-/m0/s1. The van der Waals surface area contributed by atoms with Gasteiger partial charge in [0.1, 0.15) is 12.8 Å². The van der Waals surface area contributed by atoms with Crippen molar-refractivity contribution < 1.29 is 19.4 Å². The highest BCUT2D eigenvalue weighted by molar-refractivity contribution is 6.02. The highest BCUT2D eigenvalue weighted by Crippen LogP contribution is 2.40. The van der Waals surface area contributed by atoms with Crippen LogP contribution in [-0.4, -0.2) is 48.9 Å². The van der Waals surface area contributed by atoms with E-state index in [1.165, 1.54) is 0 Å². The van der Waals surface area contributed by atoms with Crippen LogP contribution in [0.25, 0.3) is 0 Å². The fourth-order valence-electron chi connectivity index (χ4n) is 3.93. The first-order valence-corrected chi connectivity index (χ1v) is 9.21. The number of carbonyl (C=O) groups is 1. The first kappa shape index (κ1) is 17.7. The Morgan fingerprint density at radius 1 is 1.19 bits per heavy atom. The number of carbonyl (C=O) groups excluding carboxylic acids is 1. The van der Waals surface area contributed by atoms with Gasteiger partial charge in [0.15, 0.2) is 11.5 Å². The van der Waals surface area contributed by atoms with Crippen molar-refractivity contribution in [3.8, 4) is 11.5 Å². The number of ether oxygens (including phenoxy) is 2. The fourth-order valence-corrected chi connectivity index (χ4v) is 3.93. The van der Waals surface area contributed by atoms with E-state index in [2.05, 4.69) is 0 Å². The minimum atomic E-state index is -0.738. The quantitative estimate of drug-likeness (QED) is 0.899. The largest absolute Gasteiger partial charge is 0.493 e. The van der Waals surface area contributed by atoms with Crippen molar-refractivity contribution in [1.82, 2.24) is 4.90 Å². The van der Waals surface area contributed by atoms with E-state index >= 15 is 0 Å². The lowest BCUT2D eigenvalue weighted by molar-refractivity contribution is 0.0527. The third kappa shape index (κ3) is 3.10. The van der Waals surface area contributed by atoms with Gasteiger partial charge in [-0.25, -0.2) is 0 Å². The van der Waals surface area contributed by atoms with Crippen molar-refractivity contribution in [2.75, 3.05) is 25.6 Å². The number of benzene rings is 2. The van der Waals surface area contributed by atoms with Crippen LogP contribution in [0.5, 0.6) is 11.5 Å². The van der Waals surface area contributed by atoms with E-state index in [1.54, 1.807) is 29.0 Å². The summed E-state index contributed by atoms with van der Waals surface area (Å²) in [6.07, 6.45) is 0.975. The number of hydrogen-bond donors (Lipinski definition) is 1. The summed E-state index contributed by atoms with van der Waals surface area (Å²) in [6, 6.07) is 13.2. The Morgan fingerprint density at radius 3 is 2.70 bits per heavy atom. The van der Waals surface area contributed by atoms with Gasteiger partial charge in [-0.05, 0) is 24.5 Å². The number of nitrogens with zero attached hydrogens (tertiary/aromatic N) is 2. The third-order valence-electron chi connectivity index (χ3n) is 5.43. The molecule has 0 radical (unpaired) electrons. The Labute approximate surface area is 158 Å². The summed E-state index contributed by atoms with van der Waals surface area (Å²) in [6.45, 7) is 1.05. The lowest BCUT2D eigenvalue weighted by Gasteiger charge is -2.31. The van der Waals surface area contributed by atoms with Crippen LogP contribution in [0, 0.1) is 0 Å². The van der Waals surface area contributed by atoms with Gasteiger partial charge in [-0.1, -0.05) is 30.3 Å². The molecule has 2 aromatic rings. The van der Waals surface area contributed by atoms with E-state index in [0.29, 0.717) is 35.9 Å². The first-order chi connectivity index (χ1) is 13.1. The Balaban J connectivity index is 1.71. The summed E-state index contributed by atoms with van der Waals surface area (Å²) in [5.74, 6) is 0.996. The molecule has 1 fully saturated rings. The van der Waals surface area contributed by atoms with Gasteiger partial charge >= 0.3 is 0 Å². The van der Waals surface area contributed by atoms with Gasteiger partial charge in [0.2, 0.25) is 0 Å². The lowest BCUT2D eigenvalue weighted by Crippen LogP contribution is -2.47. The summed E-state index contributed by atoms with van der Waals surface area (Å²) < 4.78 is 11.5. The predicted molar refractivity (Wildman–Crippen MR) is 102 cm³/mol. The maximum absolute atomic E-state index is 13.1. The van der Waals surface area contributed by atoms with Gasteiger partial charge in [-0.2, -0.15) is 0 Å². The van der Waals surface area contributed by atoms with Crippen molar-refractivity contribution >= 4 is 11.6 Å². The summed E-state index contributed by atoms with van der Waals surface area (Å²) in [5.41, 5.74) is 2.23. The molecule has 0 spiro atoms. The number of rotatable bonds is 4. The molecule has 27 heavy (non-hydrogen) atoms. The highest BCUT2D eigenvalue weighted by atomic mass is 16.5. The molecular formula is C21H24N2O4. The van der Waals surface area contributed by atoms with Crippen LogP contribution >= 0.6 is 0 Å². The molecule has 0 aliphatic carbocycles. The second kappa shape index (κ2) is 7.12. The molecule has 1 amide bonds. The van der Waals surface area contributed by atoms with Crippen molar-refractivity contribution in [3.05, 3.63) is 53.6 Å². The second-order valence-electron chi connectivity index (χ2n) is 7.03. The number of methoxy groups -OCH3 is 1. The molecule has 0 unspecified atom stereocenters. The van der Waals surface area contributed by atoms with Crippen LogP contribution in [0.1, 0.15) is 28.8 Å². The molecule has 142 valence electrons. The number of aliphatic hydroxyl groups excluding tert-OH is 1. The molecule has 1 saturated heterocycles. The summed E-state index contributed by atoms with van der Waals surface area (Å²) >= 11 is 0. The van der Waals surface area contributed by atoms with Gasteiger partial charge in [0.05, 0.1) is 24.4 Å². The molecule has 2 aliphatic rings. The van der Waals surface area contributed by atoms with E-state index in [9.17, 15) is 9.90 Å². The summed E-state index contributed by atoms with van der Waals surface area (Å²) in [5, 5.41) is 10.7. The van der Waals surface area contributed by atoms with E-state index in [1.807, 2.05) is 37.4 Å². The average Bonchev–Trinajstić information content (AvgIpc) is 3.18. The van der Waals surface area contributed by atoms with Gasteiger partial charge in [-0.3, -0.25) is 4.79 Å². The smallest absolute Gasteiger partial charge is 0.256 e. The highest BCUT2D eigenvalue weighted by Gasteiger charge is 2.41. The Kier molecular flexibility index (Phi) is 4.66. The average molecular weight is 368 g/mol. The van der Waals surface area contributed by atoms with Gasteiger partial charge in [0.25, 0.3) is 5.91 Å². The topological polar surface area (TPSA) is 62.2 Å². The van der Waals surface area contributed by atoms with Crippen molar-refractivity contribution in [2.45, 2.75) is 31.7 Å². The molecule has 4 rings (SSSR count). The van der Waals surface area contributed by atoms with Crippen molar-refractivity contribution in [2.24, 2.45) is 0 Å². The first-order valence-electron chi connectivity index (χ1n) is 9.21. The number of anilines is 1. The van der Waals surface area contributed by atoms with Crippen LogP contribution < -0.4 is 14.4 Å². The second-order valence-corrected chi connectivity index (χ2v) is 7.03. The number of hydrogen-bond acceptors (Lipinski definition) is 5. The molecule has 0 bridgehead atoms. The zero-order valence-electron chi connectivity index (χ0n) is 15.6. The van der Waals surface area contributed by atoms with Crippen molar-refractivity contribution in [3.63, 3.8) is 0 Å². The number of fused-ring (bicyclic) bond motifs is 2. The van der Waals surface area contributed by atoms with Crippen LogP contribution in [0.15, 0.2) is 42.5 Å². The minimum absolute atomic E-state index is 0.0666. The molecule has 2 aromatic carbocycles. The Bertz CT molecular complexity index is 840. The van der Waals surface area contributed by atoms with Crippen LogP contribution in [0.2, 0.25) is 0 Å². The SMILES string of the molecule is COc1cc2c(cc1OCc1ccccc1)C(=O)N1CCC[C@H]1[C@H](O)N2C. The third-order valence-corrected chi connectivity index (χ3v) is 5.43. The maximum atomic E-state index is 13.1. The Hall–Kier alpha value is -2.73. The van der Waals surface area contributed by atoms with Crippen molar-refractivity contribution in [1.29, 1.82) is 0 Å². The molecule has 0 saturated carbocycles. The molecule has 2 aliphatic heterocycles. The number of likely N-dealkylation sites (N-methyl/N-ethyl adjacent to an activating group) is 1. The van der Waals surface area contributed by atoms with Gasteiger partial charge in [0, 0.05) is 19.7 Å². The van der Waals surface area contributed by atoms with Gasteiger partial charge < -0.3 is 24.4 Å². The normalized spacial score (nSPS) is 21.5. The molecule has 2 heterocycles. The molecule has 6 heteroatoms. The number of amides is 1. The van der Waals surface area contributed by atoms with E-state index in [4.69, 9.17) is 9.47 Å². The molecular weight excluding hydrogens is 344 g/mol. The maximum Gasteiger partial charge on any atom is 0.256 e. The van der Waals surface area contributed by atoms with Gasteiger partial charge in [-0.15, -0.1) is 0 Å². The lowest BCUT2D eigenvalue weighted by atomic mass is 10.1. The van der Waals surface area contributed by atoms with E-state index in [0.717, 1.165) is 18.4 Å². The molecule has 0 aromatic heterocycles. The molecule has 1 N–H and O–H groups in total. The fraction of sp³-hybridized carbons (Fsp3) is 0.381. The van der Waals surface area contributed by atoms with E-state index < -0.39 is 6.23 Å². The Morgan fingerprint density at radius 2 is 1.96 bits per heavy atom. The predicted octanol–water partition coefficient (Wildman–Crippen LogP) is 2.65. The van der Waals surface area contributed by atoms with Crippen LogP contribution in [0.3, 0.4) is 0 Å². The summed E-state index contributed by atoms with van der Waals surface area (Å²) in [4.78, 5) is 16.7. The monoisotopic (exact) mass is 368 g/mol. The molecule has 6 nitrogen and oxygen atoms in total. The zero-order chi connectivity index (χ0) is 19.0. The number of aliphatic hydroxyl groups is 1. The summed E-state index contributed by atoms with van der Waals surface area (Å²) in [7, 11) is 3.38. The zero-order valence-corrected chi connectivity index (χ0v) is 15.6. The van der Waals surface area contributed by atoms with E-state index in [-0.39, 0.29) is 11.9 Å².